The predicted molar refractivity (Wildman–Crippen MR) is 62.3 cm³/mol. The van der Waals surface area contributed by atoms with Gasteiger partial charge in [-0.15, -0.1) is 0 Å². The van der Waals surface area contributed by atoms with Gasteiger partial charge in [-0.1, -0.05) is 30.7 Å². The van der Waals surface area contributed by atoms with Crippen LogP contribution in [0.1, 0.15) is 12.5 Å². The first-order chi connectivity index (χ1) is 6.87. The summed E-state index contributed by atoms with van der Waals surface area (Å²) in [6.07, 6.45) is 0.688. The molecule has 0 heterocycles. The molecule has 15 heavy (non-hydrogen) atoms. The first-order valence-electron chi connectivity index (χ1n) is 4.62. The lowest BCUT2D eigenvalue weighted by Gasteiger charge is -2.09. The normalized spacial score (nSPS) is 13.8. The van der Waals surface area contributed by atoms with Crippen molar-refractivity contribution in [2.45, 2.75) is 13.3 Å². The highest BCUT2D eigenvalue weighted by atomic mass is 35.5. The van der Waals surface area contributed by atoms with E-state index in [4.69, 9.17) is 16.7 Å². The summed E-state index contributed by atoms with van der Waals surface area (Å²) in [5.74, 6) is 0.0245. The van der Waals surface area contributed by atoms with Crippen LogP contribution in [0.2, 0.25) is 5.02 Å². The fourth-order valence-corrected chi connectivity index (χ4v) is 2.52. The van der Waals surface area contributed by atoms with Crippen LogP contribution in [-0.2, 0) is 16.4 Å². The van der Waals surface area contributed by atoms with E-state index in [0.29, 0.717) is 11.4 Å². The molecule has 3 nitrogen and oxygen atoms in total. The van der Waals surface area contributed by atoms with Crippen LogP contribution in [0.15, 0.2) is 24.3 Å². The molecular formula is C10H14ClNO2S. The van der Waals surface area contributed by atoms with Crippen LogP contribution in [0.4, 0.5) is 0 Å². The molecular weight excluding hydrogens is 234 g/mol. The van der Waals surface area contributed by atoms with Crippen LogP contribution >= 0.6 is 11.6 Å². The highest BCUT2D eigenvalue weighted by Crippen LogP contribution is 2.13. The Balaban J connectivity index is 2.59. The molecule has 1 atom stereocenters. The standard InChI is InChI=1S/C10H14ClNO2S/c1-8(7-15(12,13)14)6-9-2-4-10(11)5-3-9/h2-5,8H,6-7H2,1H3,(H2,12,13,14). The average Bonchev–Trinajstić information content (AvgIpc) is 2.05. The van der Waals surface area contributed by atoms with Gasteiger partial charge in [0.25, 0.3) is 0 Å². The van der Waals surface area contributed by atoms with Crippen molar-refractivity contribution in [1.82, 2.24) is 0 Å². The summed E-state index contributed by atoms with van der Waals surface area (Å²) in [6, 6.07) is 7.37. The topological polar surface area (TPSA) is 60.2 Å². The fraction of sp³-hybridized carbons (Fsp3) is 0.400. The smallest absolute Gasteiger partial charge is 0.209 e. The Morgan fingerprint density at radius 2 is 1.87 bits per heavy atom. The second-order valence-electron chi connectivity index (χ2n) is 3.77. The highest BCUT2D eigenvalue weighted by molar-refractivity contribution is 7.89. The predicted octanol–water partition coefficient (Wildman–Crippen LogP) is 1.81. The Hall–Kier alpha value is -0.580. The molecule has 84 valence electrons. The molecule has 0 aliphatic rings. The van der Waals surface area contributed by atoms with E-state index in [0.717, 1.165) is 5.56 Å². The van der Waals surface area contributed by atoms with Gasteiger partial charge in [0, 0.05) is 5.02 Å². The van der Waals surface area contributed by atoms with Crippen molar-refractivity contribution in [3.8, 4) is 0 Å². The highest BCUT2D eigenvalue weighted by Gasteiger charge is 2.11. The monoisotopic (exact) mass is 247 g/mol. The molecule has 0 aliphatic heterocycles. The molecule has 1 aromatic rings. The van der Waals surface area contributed by atoms with E-state index < -0.39 is 10.0 Å². The molecule has 5 heteroatoms. The van der Waals surface area contributed by atoms with Gasteiger partial charge < -0.3 is 0 Å². The van der Waals surface area contributed by atoms with Crippen molar-refractivity contribution < 1.29 is 8.42 Å². The van der Waals surface area contributed by atoms with Gasteiger partial charge in [0.1, 0.15) is 0 Å². The molecule has 0 saturated heterocycles. The van der Waals surface area contributed by atoms with Crippen molar-refractivity contribution >= 4 is 21.6 Å². The SMILES string of the molecule is CC(Cc1ccc(Cl)cc1)CS(N)(=O)=O. The van der Waals surface area contributed by atoms with Crippen molar-refractivity contribution in [2.75, 3.05) is 5.75 Å². The van der Waals surface area contributed by atoms with E-state index in [2.05, 4.69) is 0 Å². The maximum Gasteiger partial charge on any atom is 0.209 e. The number of sulfonamides is 1. The Kier molecular flexibility index (Phi) is 4.13. The zero-order chi connectivity index (χ0) is 11.5. The van der Waals surface area contributed by atoms with Crippen LogP contribution in [0.25, 0.3) is 0 Å². The molecule has 1 unspecified atom stereocenters. The Labute approximate surface area is 95.3 Å². The molecule has 0 saturated carbocycles. The minimum absolute atomic E-state index is 0.00955. The van der Waals surface area contributed by atoms with Crippen LogP contribution in [0.5, 0.6) is 0 Å². The second kappa shape index (κ2) is 4.96. The van der Waals surface area contributed by atoms with Crippen molar-refractivity contribution in [1.29, 1.82) is 0 Å². The van der Waals surface area contributed by atoms with Gasteiger partial charge in [-0.3, -0.25) is 0 Å². The number of rotatable bonds is 4. The lowest BCUT2D eigenvalue weighted by Crippen LogP contribution is -2.22. The molecule has 0 spiro atoms. The van der Waals surface area contributed by atoms with Gasteiger partial charge >= 0.3 is 0 Å². The summed E-state index contributed by atoms with van der Waals surface area (Å²) >= 11 is 5.74. The minimum atomic E-state index is -3.38. The number of hydrogen-bond acceptors (Lipinski definition) is 2. The van der Waals surface area contributed by atoms with E-state index in [1.165, 1.54) is 0 Å². The van der Waals surface area contributed by atoms with E-state index in [9.17, 15) is 8.42 Å². The summed E-state index contributed by atoms with van der Waals surface area (Å²) in [7, 11) is -3.38. The summed E-state index contributed by atoms with van der Waals surface area (Å²) in [5, 5.41) is 5.64. The first-order valence-corrected chi connectivity index (χ1v) is 6.71. The Morgan fingerprint density at radius 3 is 2.33 bits per heavy atom. The lowest BCUT2D eigenvalue weighted by molar-refractivity contribution is 0.571. The molecule has 0 fully saturated rings. The molecule has 2 N–H and O–H groups in total. The minimum Gasteiger partial charge on any atom is -0.229 e. The maximum atomic E-state index is 10.8. The number of halogens is 1. The van der Waals surface area contributed by atoms with Crippen LogP contribution in [-0.4, -0.2) is 14.2 Å². The molecule has 0 radical (unpaired) electrons. The van der Waals surface area contributed by atoms with Gasteiger partial charge in [-0.05, 0) is 30.0 Å². The van der Waals surface area contributed by atoms with Crippen LogP contribution in [0.3, 0.4) is 0 Å². The quantitative estimate of drug-likeness (QED) is 0.882. The van der Waals surface area contributed by atoms with Gasteiger partial charge in [-0.2, -0.15) is 0 Å². The number of hydrogen-bond donors (Lipinski definition) is 1. The fourth-order valence-electron chi connectivity index (χ4n) is 1.48. The van der Waals surface area contributed by atoms with Crippen LogP contribution in [0, 0.1) is 5.92 Å². The van der Waals surface area contributed by atoms with E-state index in [1.807, 2.05) is 19.1 Å². The van der Waals surface area contributed by atoms with Crippen molar-refractivity contribution in [3.05, 3.63) is 34.9 Å². The summed E-state index contributed by atoms with van der Waals surface area (Å²) in [4.78, 5) is 0. The molecule has 1 rings (SSSR count). The van der Waals surface area contributed by atoms with Gasteiger partial charge in [0.05, 0.1) is 5.75 Å². The number of benzene rings is 1. The molecule has 1 aromatic carbocycles. The van der Waals surface area contributed by atoms with E-state index >= 15 is 0 Å². The summed E-state index contributed by atoms with van der Waals surface area (Å²) in [6.45, 7) is 1.86. The van der Waals surface area contributed by atoms with Crippen molar-refractivity contribution in [3.63, 3.8) is 0 Å². The number of primary sulfonamides is 1. The summed E-state index contributed by atoms with van der Waals surface area (Å²) in [5.41, 5.74) is 1.07. The third-order valence-corrected chi connectivity index (χ3v) is 3.30. The molecule has 0 bridgehead atoms. The van der Waals surface area contributed by atoms with Crippen LogP contribution < -0.4 is 5.14 Å². The zero-order valence-electron chi connectivity index (χ0n) is 8.48. The van der Waals surface area contributed by atoms with Gasteiger partial charge in [-0.25, -0.2) is 13.6 Å². The lowest BCUT2D eigenvalue weighted by atomic mass is 10.0. The average molecular weight is 248 g/mol. The third-order valence-electron chi connectivity index (χ3n) is 2.01. The van der Waals surface area contributed by atoms with E-state index in [-0.39, 0.29) is 11.7 Å². The molecule has 0 amide bonds. The van der Waals surface area contributed by atoms with Gasteiger partial charge in [0.2, 0.25) is 10.0 Å². The number of nitrogens with two attached hydrogens (primary N) is 1. The summed E-state index contributed by atoms with van der Waals surface area (Å²) < 4.78 is 21.7. The van der Waals surface area contributed by atoms with Gasteiger partial charge in [0.15, 0.2) is 0 Å². The van der Waals surface area contributed by atoms with E-state index in [1.54, 1.807) is 12.1 Å². The van der Waals surface area contributed by atoms with Crippen molar-refractivity contribution in [2.24, 2.45) is 11.1 Å². The maximum absolute atomic E-state index is 10.8. The molecule has 0 aliphatic carbocycles. The zero-order valence-corrected chi connectivity index (χ0v) is 10.1. The Morgan fingerprint density at radius 1 is 1.33 bits per heavy atom. The molecule has 0 aromatic heterocycles. The largest absolute Gasteiger partial charge is 0.229 e. The first kappa shape index (κ1) is 12.5. The second-order valence-corrected chi connectivity index (χ2v) is 5.86. The Bertz CT molecular complexity index is 414. The third kappa shape index (κ3) is 5.16.